The molecule has 0 spiro atoms. The Kier molecular flexibility index (Phi) is 5.00. The molecule has 0 radical (unpaired) electrons. The molecule has 2 heterocycles. The van der Waals surface area contributed by atoms with Crippen LogP contribution in [0.15, 0.2) is 30.3 Å². The number of hydrogen-bond acceptors (Lipinski definition) is 3. The highest BCUT2D eigenvalue weighted by Crippen LogP contribution is 2.22. The topological polar surface area (TPSA) is 47.4 Å². The summed E-state index contributed by atoms with van der Waals surface area (Å²) < 4.78 is 7.14. The van der Waals surface area contributed by atoms with Gasteiger partial charge in [0.1, 0.15) is 0 Å². The van der Waals surface area contributed by atoms with Crippen LogP contribution in [0.25, 0.3) is 0 Å². The van der Waals surface area contributed by atoms with Crippen LogP contribution in [-0.2, 0) is 17.9 Å². The molecule has 3 rings (SSSR count). The number of rotatable bonds is 5. The Balaban J connectivity index is 1.72. The van der Waals surface area contributed by atoms with Crippen molar-refractivity contribution in [2.45, 2.75) is 45.9 Å². The minimum atomic E-state index is 0.114. The molecule has 128 valence electrons. The second-order valence-corrected chi connectivity index (χ2v) is 6.53. The van der Waals surface area contributed by atoms with E-state index in [2.05, 4.69) is 18.1 Å². The average Bonchev–Trinajstić information content (AvgIpc) is 3.14. The number of aryl methyl sites for hydroxylation is 2. The lowest BCUT2D eigenvalue weighted by molar-refractivity contribution is 0.0721. The Morgan fingerprint density at radius 3 is 2.67 bits per heavy atom. The van der Waals surface area contributed by atoms with Crippen molar-refractivity contribution >= 4 is 5.91 Å². The first-order valence-corrected chi connectivity index (χ1v) is 8.48. The van der Waals surface area contributed by atoms with Crippen LogP contribution < -0.4 is 0 Å². The zero-order chi connectivity index (χ0) is 17.1. The maximum atomic E-state index is 12.9. The van der Waals surface area contributed by atoms with Gasteiger partial charge in [0.05, 0.1) is 24.9 Å². The number of aromatic nitrogens is 2. The molecular weight excluding hydrogens is 302 g/mol. The molecule has 0 N–H and O–H groups in total. The predicted octanol–water partition coefficient (Wildman–Crippen LogP) is 2.95. The summed E-state index contributed by atoms with van der Waals surface area (Å²) >= 11 is 0. The van der Waals surface area contributed by atoms with E-state index in [1.54, 1.807) is 7.11 Å². The van der Waals surface area contributed by atoms with E-state index in [4.69, 9.17) is 4.74 Å². The molecule has 0 saturated carbocycles. The Bertz CT molecular complexity index is 706. The van der Waals surface area contributed by atoms with Gasteiger partial charge in [0.2, 0.25) is 0 Å². The highest BCUT2D eigenvalue weighted by atomic mass is 16.5. The number of nitrogens with zero attached hydrogens (tertiary/aromatic N) is 3. The zero-order valence-electron chi connectivity index (χ0n) is 14.7. The second kappa shape index (κ2) is 7.18. The van der Waals surface area contributed by atoms with E-state index in [0.29, 0.717) is 6.61 Å². The van der Waals surface area contributed by atoms with E-state index in [1.807, 2.05) is 40.8 Å². The fourth-order valence-corrected chi connectivity index (χ4v) is 3.43. The van der Waals surface area contributed by atoms with Crippen LogP contribution >= 0.6 is 0 Å². The first-order valence-electron chi connectivity index (χ1n) is 8.48. The van der Waals surface area contributed by atoms with Crippen molar-refractivity contribution in [3.63, 3.8) is 0 Å². The van der Waals surface area contributed by atoms with Gasteiger partial charge in [0.25, 0.3) is 5.91 Å². The van der Waals surface area contributed by atoms with E-state index >= 15 is 0 Å². The fourth-order valence-electron chi connectivity index (χ4n) is 3.43. The van der Waals surface area contributed by atoms with Crippen LogP contribution in [0.4, 0.5) is 0 Å². The van der Waals surface area contributed by atoms with E-state index in [1.165, 1.54) is 0 Å². The molecular formula is C19H25N3O2. The maximum Gasteiger partial charge on any atom is 0.254 e. The molecule has 2 aromatic rings. The molecule has 0 aliphatic carbocycles. The van der Waals surface area contributed by atoms with Crippen molar-refractivity contribution in [1.82, 2.24) is 14.7 Å². The van der Waals surface area contributed by atoms with Crippen molar-refractivity contribution in [2.24, 2.45) is 0 Å². The third-order valence-electron chi connectivity index (χ3n) is 4.64. The van der Waals surface area contributed by atoms with Crippen molar-refractivity contribution in [3.05, 3.63) is 52.8 Å². The van der Waals surface area contributed by atoms with E-state index < -0.39 is 0 Å². The number of carbonyl (C=O) groups is 1. The molecule has 5 nitrogen and oxygen atoms in total. The first kappa shape index (κ1) is 16.7. The van der Waals surface area contributed by atoms with Gasteiger partial charge in [-0.05, 0) is 50.5 Å². The van der Waals surface area contributed by atoms with Gasteiger partial charge >= 0.3 is 0 Å². The summed E-state index contributed by atoms with van der Waals surface area (Å²) in [5.41, 5.74) is 4.00. The zero-order valence-corrected chi connectivity index (χ0v) is 14.7. The highest BCUT2D eigenvalue weighted by molar-refractivity contribution is 5.94. The van der Waals surface area contributed by atoms with Gasteiger partial charge in [-0.25, -0.2) is 0 Å². The van der Waals surface area contributed by atoms with Crippen LogP contribution in [0.1, 0.15) is 40.2 Å². The average molecular weight is 327 g/mol. The van der Waals surface area contributed by atoms with Crippen LogP contribution in [0.2, 0.25) is 0 Å². The van der Waals surface area contributed by atoms with Crippen LogP contribution in [-0.4, -0.2) is 40.3 Å². The summed E-state index contributed by atoms with van der Waals surface area (Å²) in [4.78, 5) is 14.9. The molecule has 24 heavy (non-hydrogen) atoms. The molecule has 1 aliphatic heterocycles. The third-order valence-corrected chi connectivity index (χ3v) is 4.64. The monoisotopic (exact) mass is 327 g/mol. The molecule has 1 aromatic carbocycles. The number of benzene rings is 1. The van der Waals surface area contributed by atoms with Gasteiger partial charge in [0, 0.05) is 24.9 Å². The highest BCUT2D eigenvalue weighted by Gasteiger charge is 2.30. The maximum absolute atomic E-state index is 12.9. The SMILES string of the molecule is COCc1ccc(C(=O)N2CCC[C@H]2Cn2nc(C)cc2C)cc1. The van der Waals surface area contributed by atoms with Gasteiger partial charge in [-0.3, -0.25) is 9.48 Å². The first-order chi connectivity index (χ1) is 11.6. The summed E-state index contributed by atoms with van der Waals surface area (Å²) in [6, 6.07) is 10.0. The summed E-state index contributed by atoms with van der Waals surface area (Å²) in [6.07, 6.45) is 2.09. The minimum Gasteiger partial charge on any atom is -0.380 e. The molecule has 0 unspecified atom stereocenters. The third kappa shape index (κ3) is 3.51. The van der Waals surface area contributed by atoms with Gasteiger partial charge in [0.15, 0.2) is 0 Å². The Morgan fingerprint density at radius 2 is 2.04 bits per heavy atom. The largest absolute Gasteiger partial charge is 0.380 e. The minimum absolute atomic E-state index is 0.114. The van der Waals surface area contributed by atoms with E-state index in [-0.39, 0.29) is 11.9 Å². The molecule has 5 heteroatoms. The molecule has 1 atom stereocenters. The normalized spacial score (nSPS) is 17.5. The number of hydrogen-bond donors (Lipinski definition) is 0. The molecule has 1 aliphatic rings. The lowest BCUT2D eigenvalue weighted by Gasteiger charge is -2.25. The van der Waals surface area contributed by atoms with Gasteiger partial charge in [-0.2, -0.15) is 5.10 Å². The summed E-state index contributed by atoms with van der Waals surface area (Å²) in [5.74, 6) is 0.114. The van der Waals surface area contributed by atoms with Gasteiger partial charge in [-0.15, -0.1) is 0 Å². The Labute approximate surface area is 143 Å². The second-order valence-electron chi connectivity index (χ2n) is 6.53. The van der Waals surface area contributed by atoms with Crippen molar-refractivity contribution in [3.8, 4) is 0 Å². The van der Waals surface area contributed by atoms with Crippen molar-refractivity contribution < 1.29 is 9.53 Å². The van der Waals surface area contributed by atoms with Crippen molar-refractivity contribution in [2.75, 3.05) is 13.7 Å². The van der Waals surface area contributed by atoms with E-state index in [9.17, 15) is 4.79 Å². The smallest absolute Gasteiger partial charge is 0.254 e. The number of carbonyl (C=O) groups excluding carboxylic acids is 1. The molecule has 1 aromatic heterocycles. The quantitative estimate of drug-likeness (QED) is 0.848. The number of amides is 1. The lowest BCUT2D eigenvalue weighted by atomic mass is 10.1. The summed E-state index contributed by atoms with van der Waals surface area (Å²) in [7, 11) is 1.67. The number of methoxy groups -OCH3 is 1. The molecule has 0 bridgehead atoms. The van der Waals surface area contributed by atoms with E-state index in [0.717, 1.165) is 48.4 Å². The Morgan fingerprint density at radius 1 is 1.29 bits per heavy atom. The fraction of sp³-hybridized carbons (Fsp3) is 0.474. The predicted molar refractivity (Wildman–Crippen MR) is 92.9 cm³/mol. The molecule has 1 fully saturated rings. The molecule has 1 saturated heterocycles. The molecule has 1 amide bonds. The summed E-state index contributed by atoms with van der Waals surface area (Å²) in [5, 5.41) is 4.54. The number of ether oxygens (including phenoxy) is 1. The number of likely N-dealkylation sites (tertiary alicyclic amines) is 1. The van der Waals surface area contributed by atoms with Crippen LogP contribution in [0.5, 0.6) is 0 Å². The lowest BCUT2D eigenvalue weighted by Crippen LogP contribution is -2.38. The van der Waals surface area contributed by atoms with Crippen molar-refractivity contribution in [1.29, 1.82) is 0 Å². The van der Waals surface area contributed by atoms with Gasteiger partial charge < -0.3 is 9.64 Å². The van der Waals surface area contributed by atoms with Gasteiger partial charge in [-0.1, -0.05) is 12.1 Å². The summed E-state index contributed by atoms with van der Waals surface area (Å²) in [6.45, 7) is 6.23. The Hall–Kier alpha value is -2.14. The van der Waals surface area contributed by atoms with Crippen LogP contribution in [0, 0.1) is 13.8 Å². The standard InChI is InChI=1S/C19H25N3O2/c1-14-11-15(2)22(20-14)12-18-5-4-10-21(18)19(23)17-8-6-16(7-9-17)13-24-3/h6-9,11,18H,4-5,10,12-13H2,1-3H3/t18-/m0/s1. The van der Waals surface area contributed by atoms with Crippen LogP contribution in [0.3, 0.4) is 0 Å².